The van der Waals surface area contributed by atoms with E-state index in [2.05, 4.69) is 125 Å². The van der Waals surface area contributed by atoms with E-state index >= 15 is 0 Å². The second-order valence-electron chi connectivity index (χ2n) is 12.7. The predicted molar refractivity (Wildman–Crippen MR) is 190 cm³/mol. The fourth-order valence-corrected chi connectivity index (χ4v) is 6.55. The van der Waals surface area contributed by atoms with Crippen LogP contribution in [0.15, 0.2) is 140 Å². The summed E-state index contributed by atoms with van der Waals surface area (Å²) in [5.74, 6) is 0.389. The molecular weight excluding hydrogens is 763 g/mol. The van der Waals surface area contributed by atoms with Crippen LogP contribution in [-0.4, -0.2) is 15.0 Å². The molecule has 0 aliphatic heterocycles. The maximum atomic E-state index is 5.52. The first-order valence-corrected chi connectivity index (χ1v) is 16.1. The third kappa shape index (κ3) is 5.92. The summed E-state index contributed by atoms with van der Waals surface area (Å²) >= 11 is 0. The molecule has 0 saturated heterocycles. The Morgan fingerprint density at radius 2 is 1.19 bits per heavy atom. The Balaban J connectivity index is 0.00000401. The largest absolute Gasteiger partial charge is 3.00 e. The van der Waals surface area contributed by atoms with Gasteiger partial charge in [-0.3, -0.25) is 15.0 Å². The standard InChI is InChI=1S/C44H36N3.Ir/c1-31(2)32-24-25-38-34(28-32)30-41(44(4,36-19-9-6-10-20-36)40-23-12-14-27-46-40)47-42(38)33-16-15-21-37(29-33)43(3,35-17-7-5-8-18-35)39-22-11-13-26-45-39;/h5-17,19,21-28,30-31H,1-4H3;/q-3;+3/t43?,44-;/m1./s1. The zero-order valence-corrected chi connectivity index (χ0v) is 29.9. The van der Waals surface area contributed by atoms with Crippen LogP contribution in [0.25, 0.3) is 22.0 Å². The summed E-state index contributed by atoms with van der Waals surface area (Å²) in [7, 11) is 0. The number of hydrogen-bond acceptors (Lipinski definition) is 3. The third-order valence-corrected chi connectivity index (χ3v) is 9.47. The molecule has 0 N–H and O–H groups in total. The van der Waals surface area contributed by atoms with Gasteiger partial charge in [0.15, 0.2) is 0 Å². The van der Waals surface area contributed by atoms with Gasteiger partial charge in [0.05, 0.1) is 16.8 Å². The summed E-state index contributed by atoms with van der Waals surface area (Å²) in [6.45, 7) is 8.88. The topological polar surface area (TPSA) is 38.7 Å². The Hall–Kier alpha value is -4.76. The van der Waals surface area contributed by atoms with Gasteiger partial charge in [0.25, 0.3) is 0 Å². The average Bonchev–Trinajstić information content (AvgIpc) is 3.15. The van der Waals surface area contributed by atoms with Crippen molar-refractivity contribution in [2.75, 3.05) is 0 Å². The van der Waals surface area contributed by atoms with Crippen LogP contribution in [0.1, 0.15) is 72.9 Å². The van der Waals surface area contributed by atoms with Crippen molar-refractivity contribution in [3.05, 3.63) is 197 Å². The van der Waals surface area contributed by atoms with Crippen molar-refractivity contribution < 1.29 is 20.1 Å². The van der Waals surface area contributed by atoms with Gasteiger partial charge in [-0.1, -0.05) is 44.2 Å². The molecule has 0 amide bonds. The second-order valence-corrected chi connectivity index (χ2v) is 12.7. The molecule has 0 saturated carbocycles. The van der Waals surface area contributed by atoms with E-state index in [4.69, 9.17) is 15.0 Å². The molecule has 3 heterocycles. The molecule has 7 rings (SSSR count). The molecule has 236 valence electrons. The van der Waals surface area contributed by atoms with Gasteiger partial charge >= 0.3 is 20.1 Å². The van der Waals surface area contributed by atoms with E-state index in [0.29, 0.717) is 5.92 Å². The molecule has 48 heavy (non-hydrogen) atoms. The van der Waals surface area contributed by atoms with E-state index in [9.17, 15) is 0 Å². The van der Waals surface area contributed by atoms with Crippen molar-refractivity contribution >= 4 is 10.8 Å². The summed E-state index contributed by atoms with van der Waals surface area (Å²) in [6, 6.07) is 54.6. The van der Waals surface area contributed by atoms with Gasteiger partial charge in [0.1, 0.15) is 0 Å². The Kier molecular flexibility index (Phi) is 9.51. The molecule has 0 aliphatic rings. The first-order chi connectivity index (χ1) is 22.9. The number of hydrogen-bond donors (Lipinski definition) is 0. The number of rotatable bonds is 8. The monoisotopic (exact) mass is 799 g/mol. The van der Waals surface area contributed by atoms with Gasteiger partial charge in [0.2, 0.25) is 0 Å². The first-order valence-electron chi connectivity index (χ1n) is 16.1. The zero-order valence-electron chi connectivity index (χ0n) is 27.5. The normalized spacial score (nSPS) is 13.8. The molecule has 0 aliphatic carbocycles. The summed E-state index contributed by atoms with van der Waals surface area (Å²) in [5, 5.41) is 2.22. The van der Waals surface area contributed by atoms with Crippen LogP contribution in [0.4, 0.5) is 0 Å². The minimum absolute atomic E-state index is 0. The Morgan fingerprint density at radius 1 is 0.583 bits per heavy atom. The zero-order chi connectivity index (χ0) is 32.4. The fourth-order valence-electron chi connectivity index (χ4n) is 6.55. The SMILES string of the molecule is CC(C)c1ccc2c(-c3[c-]c(C(C)(c4[c-]cccc4)c4ccccn4)ccc3)nc([C@](C)(c3[c-]cccc3)c3ccccn3)cc2c1.[Ir+3]. The molecule has 1 unspecified atom stereocenters. The minimum Gasteiger partial charge on any atom is -0.299 e. The Morgan fingerprint density at radius 3 is 1.77 bits per heavy atom. The van der Waals surface area contributed by atoms with Crippen molar-refractivity contribution in [1.29, 1.82) is 0 Å². The minimum atomic E-state index is -0.654. The molecule has 4 aromatic carbocycles. The van der Waals surface area contributed by atoms with E-state index in [-0.39, 0.29) is 20.1 Å². The maximum Gasteiger partial charge on any atom is 3.00 e. The molecule has 7 aromatic rings. The molecule has 0 fully saturated rings. The fraction of sp³-hybridized carbons (Fsp3) is 0.159. The summed E-state index contributed by atoms with van der Waals surface area (Å²) in [4.78, 5) is 15.2. The summed E-state index contributed by atoms with van der Waals surface area (Å²) < 4.78 is 0. The van der Waals surface area contributed by atoms with Crippen molar-refractivity contribution in [3.63, 3.8) is 0 Å². The van der Waals surface area contributed by atoms with Crippen molar-refractivity contribution in [3.8, 4) is 11.3 Å². The van der Waals surface area contributed by atoms with Crippen LogP contribution in [0, 0.1) is 18.2 Å². The van der Waals surface area contributed by atoms with Crippen LogP contribution in [0.5, 0.6) is 0 Å². The number of pyridine rings is 3. The summed E-state index contributed by atoms with van der Waals surface area (Å²) in [6.07, 6.45) is 3.70. The average molecular weight is 799 g/mol. The third-order valence-electron chi connectivity index (χ3n) is 9.47. The molecule has 0 spiro atoms. The van der Waals surface area contributed by atoms with Crippen LogP contribution in [-0.2, 0) is 30.9 Å². The van der Waals surface area contributed by atoms with E-state index in [1.807, 2.05) is 60.9 Å². The maximum absolute atomic E-state index is 5.52. The predicted octanol–water partition coefficient (Wildman–Crippen LogP) is 9.92. The second kappa shape index (κ2) is 13.8. The van der Waals surface area contributed by atoms with Gasteiger partial charge in [-0.25, -0.2) is 0 Å². The molecule has 0 radical (unpaired) electrons. The van der Waals surface area contributed by atoms with E-state index in [0.717, 1.165) is 55.8 Å². The molecule has 2 atom stereocenters. The van der Waals surface area contributed by atoms with Crippen LogP contribution in [0.2, 0.25) is 0 Å². The van der Waals surface area contributed by atoms with Gasteiger partial charge < -0.3 is 0 Å². The number of fused-ring (bicyclic) bond motifs is 1. The Labute approximate surface area is 297 Å². The van der Waals surface area contributed by atoms with Gasteiger partial charge in [-0.05, 0) is 72.1 Å². The van der Waals surface area contributed by atoms with Crippen molar-refractivity contribution in [1.82, 2.24) is 15.0 Å². The first kappa shape index (κ1) is 33.2. The number of nitrogens with zero attached hydrogens (tertiary/aromatic N) is 3. The van der Waals surface area contributed by atoms with E-state index in [1.165, 1.54) is 5.56 Å². The molecule has 3 nitrogen and oxygen atoms in total. The molecular formula is C44H36IrN3. The van der Waals surface area contributed by atoms with Crippen LogP contribution in [0.3, 0.4) is 0 Å². The number of aromatic nitrogens is 3. The quantitative estimate of drug-likeness (QED) is 0.144. The van der Waals surface area contributed by atoms with Crippen molar-refractivity contribution in [2.45, 2.75) is 44.4 Å². The Bertz CT molecular complexity index is 2050. The van der Waals surface area contributed by atoms with Crippen molar-refractivity contribution in [2.24, 2.45) is 0 Å². The number of benzene rings is 4. The smallest absolute Gasteiger partial charge is 0.299 e. The van der Waals surface area contributed by atoms with Gasteiger partial charge in [0, 0.05) is 23.5 Å². The summed E-state index contributed by atoms with van der Waals surface area (Å²) in [5.41, 5.74) is 7.65. The van der Waals surface area contributed by atoms with Crippen LogP contribution < -0.4 is 0 Å². The van der Waals surface area contributed by atoms with Gasteiger partial charge in [-0.15, -0.1) is 46.5 Å². The van der Waals surface area contributed by atoms with Crippen LogP contribution >= 0.6 is 0 Å². The van der Waals surface area contributed by atoms with E-state index < -0.39 is 10.8 Å². The molecule has 4 heteroatoms. The molecule has 3 aromatic heterocycles. The van der Waals surface area contributed by atoms with Gasteiger partial charge in [-0.2, -0.15) is 60.7 Å². The van der Waals surface area contributed by atoms with E-state index in [1.54, 1.807) is 0 Å². The molecule has 0 bridgehead atoms.